The number of nitrogens with zero attached hydrogens (tertiary/aromatic N) is 3. The zero-order valence-electron chi connectivity index (χ0n) is 29.9. The minimum Gasteiger partial charge on any atom is -0.376 e. The van der Waals surface area contributed by atoms with Gasteiger partial charge in [-0.15, -0.1) is 0 Å². The van der Waals surface area contributed by atoms with Crippen LogP contribution in [0.25, 0.3) is 11.2 Å². The Morgan fingerprint density at radius 3 is 2.06 bits per heavy atom. The highest BCUT2D eigenvalue weighted by molar-refractivity contribution is 7.47. The quantitative estimate of drug-likeness (QED) is 0.0505. The van der Waals surface area contributed by atoms with Crippen molar-refractivity contribution in [3.63, 3.8) is 0 Å². The number of aromatic nitrogens is 4. The summed E-state index contributed by atoms with van der Waals surface area (Å²) in [6, 6.07) is 0. The summed E-state index contributed by atoms with van der Waals surface area (Å²) in [5.74, 6) is -0.0307. The molecule has 0 aromatic carbocycles. The second kappa shape index (κ2) is 26.0. The van der Waals surface area contributed by atoms with Gasteiger partial charge >= 0.3 is 7.82 Å². The van der Waals surface area contributed by atoms with Crippen molar-refractivity contribution in [1.82, 2.24) is 19.5 Å². The maximum atomic E-state index is 12.3. The van der Waals surface area contributed by atoms with E-state index in [1.54, 1.807) is 0 Å². The Morgan fingerprint density at radius 2 is 1.40 bits per heavy atom. The number of fused-ring (bicyclic) bond motifs is 1. The van der Waals surface area contributed by atoms with Gasteiger partial charge in [0, 0.05) is 13.2 Å². The number of unbranched alkanes of at least 4 members (excludes halogenated alkanes) is 14. The molecule has 48 heavy (non-hydrogen) atoms. The third-order valence-electron chi connectivity index (χ3n) is 8.33. The number of H-pyrrole nitrogens is 1. The topological polar surface area (TPSA) is 173 Å². The number of ether oxygens (including phenoxy) is 3. The summed E-state index contributed by atoms with van der Waals surface area (Å²) in [4.78, 5) is 32.3. The average molecular weight is 702 g/mol. The standard InChI is InChI=1S/C34H64N5O8P/c1-4-6-8-10-12-13-15-17-19-22-45-30(21-18-16-14-11-9-7-5-2)29(3)44-23-20-24-46-48(41,42)47-26-25-43-28-39-27-36-31-32(39)37-34(35)38-33(31)40/h27,29-30H,4-26,28H2,1-3H3,(H,41,42)(H3,35,37,38,40). The summed E-state index contributed by atoms with van der Waals surface area (Å²) in [7, 11) is -4.24. The van der Waals surface area contributed by atoms with Crippen LogP contribution in [0.4, 0.5) is 5.95 Å². The number of imidazole rings is 1. The van der Waals surface area contributed by atoms with Gasteiger partial charge in [-0.25, -0.2) is 9.55 Å². The molecule has 0 spiro atoms. The average Bonchev–Trinajstić information content (AvgIpc) is 3.46. The summed E-state index contributed by atoms with van der Waals surface area (Å²) < 4.78 is 41.8. The normalized spacial score (nSPS) is 14.4. The van der Waals surface area contributed by atoms with E-state index >= 15 is 0 Å². The fraction of sp³-hybridized carbons (Fsp3) is 0.853. The molecule has 0 bridgehead atoms. The van der Waals surface area contributed by atoms with E-state index in [2.05, 4.69) is 35.7 Å². The third kappa shape index (κ3) is 18.8. The molecule has 14 heteroatoms. The van der Waals surface area contributed by atoms with Crippen LogP contribution in [0.5, 0.6) is 0 Å². The van der Waals surface area contributed by atoms with Gasteiger partial charge in [-0.1, -0.05) is 110 Å². The van der Waals surface area contributed by atoms with E-state index in [1.165, 1.54) is 101 Å². The molecule has 0 aliphatic carbocycles. The van der Waals surface area contributed by atoms with Gasteiger partial charge in [0.2, 0.25) is 5.95 Å². The highest BCUT2D eigenvalue weighted by atomic mass is 31.2. The first-order valence-corrected chi connectivity index (χ1v) is 19.9. The Labute approximate surface area is 287 Å². The third-order valence-corrected chi connectivity index (χ3v) is 9.34. The van der Waals surface area contributed by atoms with Crippen LogP contribution in [-0.2, 0) is 34.6 Å². The minimum absolute atomic E-state index is 0.00469. The molecule has 2 heterocycles. The molecule has 0 aliphatic heterocycles. The molecule has 0 amide bonds. The first kappa shape index (κ1) is 42.3. The van der Waals surface area contributed by atoms with Crippen molar-refractivity contribution in [2.75, 3.05) is 38.8 Å². The number of hydrogen-bond acceptors (Lipinski definition) is 10. The highest BCUT2D eigenvalue weighted by Gasteiger charge is 2.22. The molecule has 2 aromatic rings. The molecule has 0 radical (unpaired) electrons. The molecular formula is C34H64N5O8P. The number of hydrogen-bond donors (Lipinski definition) is 3. The zero-order chi connectivity index (χ0) is 34.9. The lowest BCUT2D eigenvalue weighted by Crippen LogP contribution is -2.30. The zero-order valence-corrected chi connectivity index (χ0v) is 30.8. The number of aromatic amines is 1. The largest absolute Gasteiger partial charge is 0.472 e. The van der Waals surface area contributed by atoms with E-state index in [1.807, 2.05) is 0 Å². The molecule has 278 valence electrons. The second-order valence-electron chi connectivity index (χ2n) is 12.6. The lowest BCUT2D eigenvalue weighted by atomic mass is 10.0. The molecule has 0 fully saturated rings. The van der Waals surface area contributed by atoms with Gasteiger partial charge in [0.05, 0.1) is 38.4 Å². The van der Waals surface area contributed by atoms with E-state index in [0.717, 1.165) is 25.9 Å². The number of phosphoric ester groups is 1. The van der Waals surface area contributed by atoms with Crippen molar-refractivity contribution in [3.05, 3.63) is 16.7 Å². The Morgan fingerprint density at radius 1 is 0.812 bits per heavy atom. The van der Waals surface area contributed by atoms with Gasteiger partial charge in [0.25, 0.3) is 5.56 Å². The smallest absolute Gasteiger partial charge is 0.376 e. The van der Waals surface area contributed by atoms with Crippen LogP contribution < -0.4 is 11.3 Å². The fourth-order valence-electron chi connectivity index (χ4n) is 5.50. The van der Waals surface area contributed by atoms with Crippen LogP contribution in [0.1, 0.15) is 136 Å². The van der Waals surface area contributed by atoms with Crippen molar-refractivity contribution in [2.24, 2.45) is 0 Å². The minimum atomic E-state index is -4.24. The van der Waals surface area contributed by atoms with Gasteiger partial charge < -0.3 is 24.8 Å². The maximum Gasteiger partial charge on any atom is 0.472 e. The van der Waals surface area contributed by atoms with Gasteiger partial charge in [-0.3, -0.25) is 23.4 Å². The van der Waals surface area contributed by atoms with Crippen LogP contribution in [-0.4, -0.2) is 69.7 Å². The molecule has 3 atom stereocenters. The summed E-state index contributed by atoms with van der Waals surface area (Å²) in [5.41, 5.74) is 5.57. The van der Waals surface area contributed by atoms with Crippen molar-refractivity contribution >= 4 is 24.9 Å². The van der Waals surface area contributed by atoms with Gasteiger partial charge in [0.15, 0.2) is 11.2 Å². The Balaban J connectivity index is 1.61. The van der Waals surface area contributed by atoms with Crippen LogP contribution in [0, 0.1) is 0 Å². The maximum absolute atomic E-state index is 12.3. The molecule has 2 rings (SSSR count). The summed E-state index contributed by atoms with van der Waals surface area (Å²) in [5, 5.41) is 0. The lowest BCUT2D eigenvalue weighted by molar-refractivity contribution is -0.0718. The van der Waals surface area contributed by atoms with Crippen LogP contribution in [0.15, 0.2) is 11.1 Å². The predicted molar refractivity (Wildman–Crippen MR) is 190 cm³/mol. The van der Waals surface area contributed by atoms with Gasteiger partial charge in [-0.05, 0) is 26.2 Å². The van der Waals surface area contributed by atoms with E-state index in [-0.39, 0.29) is 55.9 Å². The number of nitrogen functional groups attached to an aromatic ring is 1. The van der Waals surface area contributed by atoms with E-state index in [0.29, 0.717) is 13.0 Å². The van der Waals surface area contributed by atoms with Crippen molar-refractivity contribution < 1.29 is 32.7 Å². The highest BCUT2D eigenvalue weighted by Crippen LogP contribution is 2.43. The van der Waals surface area contributed by atoms with E-state index in [4.69, 9.17) is 29.0 Å². The number of phosphoric acid groups is 1. The SMILES string of the molecule is CCCCCCCCCCCOC(CCCCCCCCC)C(C)OCCCOP(=O)(O)OCCOCn1cnc2c(=O)[nH]c(N)nc21. The van der Waals surface area contributed by atoms with Crippen LogP contribution >= 0.6 is 7.82 Å². The van der Waals surface area contributed by atoms with Crippen molar-refractivity contribution in [1.29, 1.82) is 0 Å². The Hall–Kier alpha value is -1.86. The van der Waals surface area contributed by atoms with Gasteiger partial charge in [-0.2, -0.15) is 4.98 Å². The van der Waals surface area contributed by atoms with Crippen LogP contribution in [0.3, 0.4) is 0 Å². The van der Waals surface area contributed by atoms with E-state index < -0.39 is 13.4 Å². The molecule has 4 N–H and O–H groups in total. The van der Waals surface area contributed by atoms with E-state index in [9.17, 15) is 14.3 Å². The van der Waals surface area contributed by atoms with Crippen LogP contribution in [0.2, 0.25) is 0 Å². The fourth-order valence-corrected chi connectivity index (χ4v) is 6.24. The summed E-state index contributed by atoms with van der Waals surface area (Å²) in [6.07, 6.45) is 23.2. The number of anilines is 1. The molecule has 0 aliphatic rings. The number of nitrogens with two attached hydrogens (primary N) is 1. The lowest BCUT2D eigenvalue weighted by Gasteiger charge is -2.25. The van der Waals surface area contributed by atoms with Crippen molar-refractivity contribution in [2.45, 2.75) is 155 Å². The summed E-state index contributed by atoms with van der Waals surface area (Å²) >= 11 is 0. The predicted octanol–water partition coefficient (Wildman–Crippen LogP) is 7.66. The van der Waals surface area contributed by atoms with Crippen molar-refractivity contribution in [3.8, 4) is 0 Å². The number of rotatable bonds is 32. The molecule has 2 aromatic heterocycles. The Bertz CT molecular complexity index is 1200. The second-order valence-corrected chi connectivity index (χ2v) is 14.0. The summed E-state index contributed by atoms with van der Waals surface area (Å²) in [6.45, 7) is 7.56. The first-order valence-electron chi connectivity index (χ1n) is 18.4. The first-order chi connectivity index (χ1) is 23.3. The molecule has 13 nitrogen and oxygen atoms in total. The Kier molecular flexibility index (Phi) is 22.9. The van der Waals surface area contributed by atoms with Gasteiger partial charge in [0.1, 0.15) is 6.73 Å². The number of nitrogens with one attached hydrogen (secondary N) is 1. The molecule has 3 unspecified atom stereocenters. The molecular weight excluding hydrogens is 637 g/mol. The molecule has 0 saturated carbocycles. The molecule has 0 saturated heterocycles. The monoisotopic (exact) mass is 701 g/mol.